The molecule has 0 spiro atoms. The summed E-state index contributed by atoms with van der Waals surface area (Å²) in [5.74, 6) is 0.0417. The van der Waals surface area contributed by atoms with E-state index in [1.165, 1.54) is 6.33 Å². The molecule has 8 heteroatoms. The maximum atomic E-state index is 10.8. The molecule has 100 valence electrons. The molecule has 0 aliphatic carbocycles. The number of hydrogen-bond acceptors (Lipinski definition) is 7. The zero-order valence-electron chi connectivity index (χ0n) is 10.6. The number of aromatic nitrogens is 2. The Balaban J connectivity index is 2.67. The predicted octanol–water partition coefficient (Wildman–Crippen LogP) is 0.721. The summed E-state index contributed by atoms with van der Waals surface area (Å²) in [6, 6.07) is 0. The molecular weight excluding hydrogens is 236 g/mol. The first-order valence-electron chi connectivity index (χ1n) is 5.81. The summed E-state index contributed by atoms with van der Waals surface area (Å²) in [4.78, 5) is 19.9. The summed E-state index contributed by atoms with van der Waals surface area (Å²) in [5.41, 5.74) is 5.20. The van der Waals surface area contributed by atoms with E-state index < -0.39 is 4.92 Å². The van der Waals surface area contributed by atoms with E-state index in [1.54, 1.807) is 0 Å². The van der Waals surface area contributed by atoms with E-state index in [-0.39, 0.29) is 17.3 Å². The minimum Gasteiger partial charge on any atom is -0.378 e. The van der Waals surface area contributed by atoms with E-state index in [0.29, 0.717) is 6.54 Å². The molecule has 0 saturated carbocycles. The van der Waals surface area contributed by atoms with Crippen molar-refractivity contribution in [3.8, 4) is 0 Å². The van der Waals surface area contributed by atoms with Crippen molar-refractivity contribution in [1.29, 1.82) is 0 Å². The van der Waals surface area contributed by atoms with Crippen LogP contribution >= 0.6 is 0 Å². The van der Waals surface area contributed by atoms with Gasteiger partial charge in [-0.25, -0.2) is 9.97 Å². The van der Waals surface area contributed by atoms with Gasteiger partial charge < -0.3 is 16.0 Å². The molecule has 8 nitrogen and oxygen atoms in total. The second-order valence-electron chi connectivity index (χ2n) is 3.67. The van der Waals surface area contributed by atoms with Crippen LogP contribution in [0.15, 0.2) is 6.33 Å². The van der Waals surface area contributed by atoms with Gasteiger partial charge in [-0.1, -0.05) is 13.8 Å². The number of anilines is 2. The monoisotopic (exact) mass is 254 g/mol. The lowest BCUT2D eigenvalue weighted by molar-refractivity contribution is -0.383. The molecule has 0 aliphatic heterocycles. The van der Waals surface area contributed by atoms with E-state index in [0.717, 1.165) is 19.6 Å². The van der Waals surface area contributed by atoms with Gasteiger partial charge in [-0.2, -0.15) is 0 Å². The van der Waals surface area contributed by atoms with Crippen LogP contribution in [0, 0.1) is 10.1 Å². The first-order chi connectivity index (χ1) is 8.60. The van der Waals surface area contributed by atoms with E-state index in [9.17, 15) is 10.1 Å². The van der Waals surface area contributed by atoms with Crippen molar-refractivity contribution in [1.82, 2.24) is 14.9 Å². The molecular formula is C10H18N6O2. The van der Waals surface area contributed by atoms with Crippen LogP contribution in [0.2, 0.25) is 0 Å². The number of nitrogen functional groups attached to an aromatic ring is 1. The van der Waals surface area contributed by atoms with Gasteiger partial charge >= 0.3 is 5.69 Å². The molecule has 1 heterocycles. The number of rotatable bonds is 7. The van der Waals surface area contributed by atoms with Crippen molar-refractivity contribution >= 4 is 17.3 Å². The molecule has 0 unspecified atom stereocenters. The second-order valence-corrected chi connectivity index (χ2v) is 3.67. The van der Waals surface area contributed by atoms with Crippen molar-refractivity contribution in [3.05, 3.63) is 16.4 Å². The summed E-state index contributed by atoms with van der Waals surface area (Å²) in [6.45, 7) is 7.36. The lowest BCUT2D eigenvalue weighted by Gasteiger charge is -2.18. The molecule has 0 aliphatic rings. The van der Waals surface area contributed by atoms with E-state index in [4.69, 9.17) is 5.73 Å². The molecule has 0 radical (unpaired) electrons. The van der Waals surface area contributed by atoms with Gasteiger partial charge in [-0.15, -0.1) is 0 Å². The Bertz CT molecular complexity index is 407. The molecule has 3 N–H and O–H groups in total. The highest BCUT2D eigenvalue weighted by Crippen LogP contribution is 2.25. The van der Waals surface area contributed by atoms with Crippen LogP contribution in [-0.2, 0) is 0 Å². The zero-order valence-corrected chi connectivity index (χ0v) is 10.6. The maximum Gasteiger partial charge on any atom is 0.352 e. The standard InChI is InChI=1S/C10H18N6O2/c1-3-15(4-2)6-5-12-10-8(16(17)18)9(11)13-7-14-10/h7H,3-6H2,1-2H3,(H3,11,12,13,14). The van der Waals surface area contributed by atoms with Crippen LogP contribution in [-0.4, -0.2) is 46.0 Å². The highest BCUT2D eigenvalue weighted by molar-refractivity contribution is 5.67. The lowest BCUT2D eigenvalue weighted by Crippen LogP contribution is -2.29. The Hall–Kier alpha value is -1.96. The Kier molecular flexibility index (Phi) is 5.25. The van der Waals surface area contributed by atoms with Gasteiger partial charge in [0.1, 0.15) is 6.33 Å². The number of nitro groups is 1. The molecule has 0 saturated heterocycles. The smallest absolute Gasteiger partial charge is 0.352 e. The van der Waals surface area contributed by atoms with Gasteiger partial charge in [0.25, 0.3) is 0 Å². The third-order valence-electron chi connectivity index (χ3n) is 2.65. The first-order valence-corrected chi connectivity index (χ1v) is 5.81. The average Bonchev–Trinajstić information content (AvgIpc) is 2.34. The molecule has 0 atom stereocenters. The summed E-state index contributed by atoms with van der Waals surface area (Å²) in [7, 11) is 0. The zero-order chi connectivity index (χ0) is 13.5. The lowest BCUT2D eigenvalue weighted by atomic mass is 10.4. The van der Waals surface area contributed by atoms with Crippen LogP contribution in [0.5, 0.6) is 0 Å². The van der Waals surface area contributed by atoms with Crippen molar-refractivity contribution in [2.75, 3.05) is 37.2 Å². The van der Waals surface area contributed by atoms with Crippen LogP contribution in [0.25, 0.3) is 0 Å². The normalized spacial score (nSPS) is 10.6. The molecule has 0 aromatic carbocycles. The van der Waals surface area contributed by atoms with Crippen LogP contribution in [0.1, 0.15) is 13.8 Å². The molecule has 1 rings (SSSR count). The van der Waals surface area contributed by atoms with Gasteiger partial charge in [0.15, 0.2) is 0 Å². The fourth-order valence-corrected chi connectivity index (χ4v) is 1.57. The Labute approximate surface area is 105 Å². The van der Waals surface area contributed by atoms with Crippen LogP contribution in [0.3, 0.4) is 0 Å². The predicted molar refractivity (Wildman–Crippen MR) is 69.4 cm³/mol. The highest BCUT2D eigenvalue weighted by Gasteiger charge is 2.20. The molecule has 1 aromatic heterocycles. The number of nitrogens with zero attached hydrogens (tertiary/aromatic N) is 4. The van der Waals surface area contributed by atoms with Crippen molar-refractivity contribution < 1.29 is 4.92 Å². The van der Waals surface area contributed by atoms with Crippen LogP contribution in [0.4, 0.5) is 17.3 Å². The minimum absolute atomic E-state index is 0.125. The summed E-state index contributed by atoms with van der Waals surface area (Å²) in [6.07, 6.45) is 1.21. The van der Waals surface area contributed by atoms with E-state index >= 15 is 0 Å². The highest BCUT2D eigenvalue weighted by atomic mass is 16.6. The number of nitrogens with two attached hydrogens (primary N) is 1. The fourth-order valence-electron chi connectivity index (χ4n) is 1.57. The van der Waals surface area contributed by atoms with Crippen LogP contribution < -0.4 is 11.1 Å². The maximum absolute atomic E-state index is 10.8. The van der Waals surface area contributed by atoms with Gasteiger partial charge in [0.05, 0.1) is 4.92 Å². The van der Waals surface area contributed by atoms with Crippen molar-refractivity contribution in [2.45, 2.75) is 13.8 Å². The van der Waals surface area contributed by atoms with Gasteiger partial charge in [0, 0.05) is 13.1 Å². The Morgan fingerprint density at radius 3 is 2.67 bits per heavy atom. The third-order valence-corrected chi connectivity index (χ3v) is 2.65. The molecule has 0 fully saturated rings. The number of hydrogen-bond donors (Lipinski definition) is 2. The summed E-state index contributed by atoms with van der Waals surface area (Å²) < 4.78 is 0. The van der Waals surface area contributed by atoms with Crippen molar-refractivity contribution in [3.63, 3.8) is 0 Å². The Morgan fingerprint density at radius 2 is 2.11 bits per heavy atom. The first kappa shape index (κ1) is 14.1. The van der Waals surface area contributed by atoms with E-state index in [1.807, 2.05) is 0 Å². The topological polar surface area (TPSA) is 110 Å². The fraction of sp³-hybridized carbons (Fsp3) is 0.600. The number of likely N-dealkylation sites (N-methyl/N-ethyl adjacent to an activating group) is 1. The van der Waals surface area contributed by atoms with Gasteiger partial charge in [-0.3, -0.25) is 10.1 Å². The van der Waals surface area contributed by atoms with E-state index in [2.05, 4.69) is 34.0 Å². The SMILES string of the molecule is CCN(CC)CCNc1ncnc(N)c1[N+](=O)[O-]. The molecule has 18 heavy (non-hydrogen) atoms. The largest absolute Gasteiger partial charge is 0.378 e. The van der Waals surface area contributed by atoms with Gasteiger partial charge in [-0.05, 0) is 13.1 Å². The van der Waals surface area contributed by atoms with Crippen molar-refractivity contribution in [2.24, 2.45) is 0 Å². The summed E-state index contributed by atoms with van der Waals surface area (Å²) >= 11 is 0. The van der Waals surface area contributed by atoms with Gasteiger partial charge in [0.2, 0.25) is 11.6 Å². The molecule has 0 bridgehead atoms. The second kappa shape index (κ2) is 6.70. The molecule has 0 amide bonds. The third kappa shape index (κ3) is 3.52. The number of nitrogens with one attached hydrogen (secondary N) is 1. The minimum atomic E-state index is -0.574. The average molecular weight is 254 g/mol. The Morgan fingerprint density at radius 1 is 1.44 bits per heavy atom. The summed E-state index contributed by atoms with van der Waals surface area (Å²) in [5, 5.41) is 13.8. The quantitative estimate of drug-likeness (QED) is 0.544. The molecule has 1 aromatic rings.